The number of nitrogens with one attached hydrogen (secondary N) is 1. The van der Waals surface area contributed by atoms with Gasteiger partial charge in [-0.3, -0.25) is 0 Å². The van der Waals surface area contributed by atoms with Crippen molar-refractivity contribution in [3.05, 3.63) is 11.1 Å². The number of nitrogens with zero attached hydrogens (tertiary/aromatic N) is 3. The summed E-state index contributed by atoms with van der Waals surface area (Å²) in [4.78, 5) is 13.6. The van der Waals surface area contributed by atoms with Crippen LogP contribution in [-0.2, 0) is 0 Å². The fourth-order valence-corrected chi connectivity index (χ4v) is 2.02. The van der Waals surface area contributed by atoms with Crippen LogP contribution in [0.2, 0.25) is 0 Å². The lowest BCUT2D eigenvalue weighted by molar-refractivity contribution is 0.624. The van der Waals surface area contributed by atoms with Gasteiger partial charge in [-0.25, -0.2) is 9.97 Å². The Kier molecular flexibility index (Phi) is 7.57. The third-order valence-electron chi connectivity index (χ3n) is 2.94. The molecule has 1 aromatic heterocycles. The summed E-state index contributed by atoms with van der Waals surface area (Å²) in [6, 6.07) is 0. The molecule has 1 heterocycles. The molecule has 0 aromatic carbocycles. The maximum Gasteiger partial charge on any atom is 0.206 e. The maximum atomic E-state index is 5.06. The molecule has 0 saturated heterocycles. The molecule has 0 bridgehead atoms. The van der Waals surface area contributed by atoms with Crippen molar-refractivity contribution in [1.29, 1.82) is 0 Å². The van der Waals surface area contributed by atoms with E-state index in [0.29, 0.717) is 4.77 Å². The maximum absolute atomic E-state index is 5.06. The molecule has 1 N–H and O–H groups in total. The smallest absolute Gasteiger partial charge is 0.206 e. The van der Waals surface area contributed by atoms with Crippen molar-refractivity contribution in [2.24, 2.45) is 0 Å². The van der Waals surface area contributed by atoms with Gasteiger partial charge in [0.05, 0.1) is 0 Å². The lowest BCUT2D eigenvalue weighted by Crippen LogP contribution is -2.27. The van der Waals surface area contributed by atoms with Gasteiger partial charge >= 0.3 is 0 Å². The minimum Gasteiger partial charge on any atom is -0.342 e. The molecule has 0 amide bonds. The van der Waals surface area contributed by atoms with Crippen molar-refractivity contribution in [3.63, 3.8) is 0 Å². The normalized spacial score (nSPS) is 10.6. The number of rotatable bonds is 9. The molecule has 4 nitrogen and oxygen atoms in total. The Morgan fingerprint density at radius 1 is 1.06 bits per heavy atom. The number of unbranched alkanes of at least 4 members (excludes halogenated alkanes) is 4. The first-order valence-electron chi connectivity index (χ1n) is 6.94. The van der Waals surface area contributed by atoms with Crippen molar-refractivity contribution in [3.8, 4) is 0 Å². The van der Waals surface area contributed by atoms with Crippen molar-refractivity contribution < 1.29 is 0 Å². The zero-order valence-corrected chi connectivity index (χ0v) is 12.3. The van der Waals surface area contributed by atoms with Crippen molar-refractivity contribution in [1.82, 2.24) is 15.0 Å². The Balaban J connectivity index is 2.60. The fraction of sp³-hybridized carbons (Fsp3) is 0.769. The minimum atomic E-state index is 0.510. The lowest BCUT2D eigenvalue weighted by Gasteiger charge is -2.22. The molecule has 0 radical (unpaired) electrons. The molecule has 0 saturated carbocycles. The topological polar surface area (TPSA) is 44.8 Å². The van der Waals surface area contributed by atoms with Gasteiger partial charge in [0.25, 0.3) is 0 Å². The quantitative estimate of drug-likeness (QED) is 0.547. The Labute approximate surface area is 115 Å². The van der Waals surface area contributed by atoms with Crippen LogP contribution >= 0.6 is 12.2 Å². The molecule has 0 aliphatic carbocycles. The van der Waals surface area contributed by atoms with Crippen molar-refractivity contribution in [2.75, 3.05) is 18.0 Å². The van der Waals surface area contributed by atoms with Gasteiger partial charge in [-0.1, -0.05) is 39.5 Å². The molecule has 0 aliphatic heterocycles. The van der Waals surface area contributed by atoms with Gasteiger partial charge in [0.1, 0.15) is 6.33 Å². The third-order valence-corrected chi connectivity index (χ3v) is 3.14. The number of anilines is 1. The summed E-state index contributed by atoms with van der Waals surface area (Å²) in [5.74, 6) is 0.863. The van der Waals surface area contributed by atoms with E-state index < -0.39 is 0 Å². The number of aromatic nitrogens is 3. The molecule has 0 atom stereocenters. The molecular weight excluding hydrogens is 244 g/mol. The Morgan fingerprint density at radius 3 is 2.17 bits per heavy atom. The number of aromatic amines is 1. The first kappa shape index (κ1) is 15.1. The van der Waals surface area contributed by atoms with Crippen molar-refractivity contribution in [2.45, 2.75) is 52.4 Å². The highest BCUT2D eigenvalue weighted by atomic mass is 32.1. The van der Waals surface area contributed by atoms with E-state index in [2.05, 4.69) is 33.7 Å². The predicted octanol–water partition coefficient (Wildman–Crippen LogP) is 3.72. The van der Waals surface area contributed by atoms with Crippen LogP contribution in [0.5, 0.6) is 0 Å². The van der Waals surface area contributed by atoms with Crippen LogP contribution in [0.3, 0.4) is 0 Å². The Hall–Kier alpha value is -0.970. The van der Waals surface area contributed by atoms with Crippen molar-refractivity contribution >= 4 is 18.2 Å². The predicted molar refractivity (Wildman–Crippen MR) is 78.5 cm³/mol. The second-order valence-corrected chi connectivity index (χ2v) is 4.92. The first-order valence-corrected chi connectivity index (χ1v) is 7.35. The van der Waals surface area contributed by atoms with Crippen LogP contribution in [0.4, 0.5) is 5.95 Å². The average molecular weight is 268 g/mol. The SMILES string of the molecule is CCCCCN(CCCCC)c1ncnc(=S)[nH]1. The molecular formula is C13H24N4S. The average Bonchev–Trinajstić information content (AvgIpc) is 2.37. The second kappa shape index (κ2) is 9.03. The van der Waals surface area contributed by atoms with Crippen LogP contribution in [0, 0.1) is 4.77 Å². The molecule has 102 valence electrons. The standard InChI is InChI=1S/C13H24N4S/c1-3-5-7-9-17(10-8-6-4-2)12-14-11-15-13(18)16-12/h11H,3-10H2,1-2H3,(H,14,15,16,18). The second-order valence-electron chi connectivity index (χ2n) is 4.53. The fourth-order valence-electron chi connectivity index (χ4n) is 1.89. The van der Waals surface area contributed by atoms with E-state index in [0.717, 1.165) is 19.0 Å². The Bertz CT molecular complexity index is 367. The van der Waals surface area contributed by atoms with Crippen LogP contribution in [0.15, 0.2) is 6.33 Å². The zero-order valence-electron chi connectivity index (χ0n) is 11.5. The van der Waals surface area contributed by atoms with Gasteiger partial charge in [-0.05, 0) is 25.1 Å². The monoisotopic (exact) mass is 268 g/mol. The van der Waals surface area contributed by atoms with E-state index in [1.54, 1.807) is 6.33 Å². The molecule has 0 fully saturated rings. The number of hydrogen-bond donors (Lipinski definition) is 1. The summed E-state index contributed by atoms with van der Waals surface area (Å²) in [6.07, 6.45) is 8.94. The van der Waals surface area contributed by atoms with E-state index in [9.17, 15) is 0 Å². The highest BCUT2D eigenvalue weighted by Gasteiger charge is 2.07. The van der Waals surface area contributed by atoms with Gasteiger partial charge in [0, 0.05) is 13.1 Å². The summed E-state index contributed by atoms with van der Waals surface area (Å²) in [5, 5.41) is 0. The molecule has 0 aliphatic rings. The van der Waals surface area contributed by atoms with E-state index in [1.165, 1.54) is 38.5 Å². The molecule has 18 heavy (non-hydrogen) atoms. The van der Waals surface area contributed by atoms with Gasteiger partial charge in [0.2, 0.25) is 10.7 Å². The minimum absolute atomic E-state index is 0.510. The number of hydrogen-bond acceptors (Lipinski definition) is 4. The van der Waals surface area contributed by atoms with Gasteiger partial charge in [-0.2, -0.15) is 0 Å². The molecule has 0 spiro atoms. The summed E-state index contributed by atoms with van der Waals surface area (Å²) in [5.41, 5.74) is 0. The summed E-state index contributed by atoms with van der Waals surface area (Å²) >= 11 is 5.06. The van der Waals surface area contributed by atoms with E-state index in [1.807, 2.05) is 0 Å². The molecule has 1 aromatic rings. The summed E-state index contributed by atoms with van der Waals surface area (Å²) in [7, 11) is 0. The molecule has 1 rings (SSSR count). The van der Waals surface area contributed by atoms with Crippen LogP contribution in [-0.4, -0.2) is 28.0 Å². The molecule has 0 unspecified atom stereocenters. The van der Waals surface area contributed by atoms with E-state index >= 15 is 0 Å². The third kappa shape index (κ3) is 5.58. The largest absolute Gasteiger partial charge is 0.342 e. The molecule has 5 heteroatoms. The highest BCUT2D eigenvalue weighted by Crippen LogP contribution is 2.09. The summed E-state index contributed by atoms with van der Waals surface area (Å²) in [6.45, 7) is 6.53. The highest BCUT2D eigenvalue weighted by molar-refractivity contribution is 7.71. The Morgan fingerprint density at radius 2 is 1.67 bits per heavy atom. The number of H-pyrrole nitrogens is 1. The van der Waals surface area contributed by atoms with Gasteiger partial charge in [0.15, 0.2) is 0 Å². The van der Waals surface area contributed by atoms with Crippen LogP contribution in [0.25, 0.3) is 0 Å². The van der Waals surface area contributed by atoms with Crippen LogP contribution < -0.4 is 4.90 Å². The summed E-state index contributed by atoms with van der Waals surface area (Å²) < 4.78 is 0.510. The van der Waals surface area contributed by atoms with E-state index in [4.69, 9.17) is 12.2 Å². The van der Waals surface area contributed by atoms with Gasteiger partial charge < -0.3 is 9.88 Å². The lowest BCUT2D eigenvalue weighted by atomic mass is 10.2. The first-order chi connectivity index (χ1) is 8.77. The van der Waals surface area contributed by atoms with Crippen LogP contribution in [0.1, 0.15) is 52.4 Å². The zero-order chi connectivity index (χ0) is 13.2. The van der Waals surface area contributed by atoms with E-state index in [-0.39, 0.29) is 0 Å². The van der Waals surface area contributed by atoms with Gasteiger partial charge in [-0.15, -0.1) is 0 Å².